The number of rotatable bonds is 4. The normalized spacial score (nSPS) is 12.9. The number of carbonyl (C=O) groups is 1. The van der Waals surface area contributed by atoms with Crippen LogP contribution in [0.15, 0.2) is 71.9 Å². The van der Waals surface area contributed by atoms with E-state index in [4.69, 9.17) is 4.55 Å². The van der Waals surface area contributed by atoms with Crippen LogP contribution in [0, 0.1) is 6.92 Å². The van der Waals surface area contributed by atoms with Gasteiger partial charge in [0, 0.05) is 11.8 Å². The van der Waals surface area contributed by atoms with E-state index in [1.54, 1.807) is 12.1 Å². The van der Waals surface area contributed by atoms with Gasteiger partial charge in [0.05, 0.1) is 16.7 Å². The number of aromatic hydroxyl groups is 1. The van der Waals surface area contributed by atoms with Crippen LogP contribution in [-0.4, -0.2) is 34.3 Å². The molecule has 0 atom stereocenters. The van der Waals surface area contributed by atoms with Crippen molar-refractivity contribution < 1.29 is 28.3 Å². The highest BCUT2D eigenvalue weighted by Gasteiger charge is 2.23. The van der Waals surface area contributed by atoms with E-state index in [2.05, 4.69) is 4.98 Å². The molecule has 0 radical (unpaired) electrons. The maximum Gasteiger partial charge on any atom is 0.294 e. The van der Waals surface area contributed by atoms with Gasteiger partial charge < -0.3 is 10.6 Å². The average Bonchev–Trinajstić information content (AvgIpc) is 3.53. The average molecular weight is 429 g/mol. The van der Waals surface area contributed by atoms with E-state index >= 15 is 0 Å². The number of nitrogens with zero attached hydrogens (tertiary/aromatic N) is 1. The highest BCUT2D eigenvalue weighted by molar-refractivity contribution is 7.85. The fourth-order valence-electron chi connectivity index (χ4n) is 2.77. The van der Waals surface area contributed by atoms with Crippen LogP contribution >= 0.6 is 0 Å². The number of pyridine rings is 1. The van der Waals surface area contributed by atoms with Gasteiger partial charge in [0.1, 0.15) is 5.75 Å². The Morgan fingerprint density at radius 3 is 2.10 bits per heavy atom. The van der Waals surface area contributed by atoms with Crippen molar-refractivity contribution in [2.75, 3.05) is 0 Å². The van der Waals surface area contributed by atoms with Crippen molar-refractivity contribution in [3.05, 3.63) is 89.2 Å². The molecule has 0 amide bonds. The number of ketones is 1. The minimum atomic E-state index is -4.02. The Labute approximate surface area is 175 Å². The third-order valence-corrected chi connectivity index (χ3v) is 5.45. The van der Waals surface area contributed by atoms with Crippen LogP contribution in [0.25, 0.3) is 0 Å². The van der Waals surface area contributed by atoms with Gasteiger partial charge in [-0.05, 0) is 49.4 Å². The third-order valence-electron chi connectivity index (χ3n) is 4.59. The molecule has 7 nitrogen and oxygen atoms in total. The highest BCUT2D eigenvalue weighted by atomic mass is 32.2. The van der Waals surface area contributed by atoms with Gasteiger partial charge in [-0.25, -0.2) is 0 Å². The third kappa shape index (κ3) is 5.96. The van der Waals surface area contributed by atoms with E-state index < -0.39 is 10.1 Å². The Kier molecular flexibility index (Phi) is 7.44. The predicted octanol–water partition coefficient (Wildman–Crippen LogP) is 3.31. The fourth-order valence-corrected chi connectivity index (χ4v) is 3.25. The SMILES string of the molecule is Cc1ccc(S(=O)(=O)O)cc1.O.O=C(c1ccc(C2CC2)cc1)c1ccncc1O. The predicted molar refractivity (Wildman–Crippen MR) is 112 cm³/mol. The Morgan fingerprint density at radius 1 is 1.00 bits per heavy atom. The number of aryl methyl sites for hydroxylation is 1. The van der Waals surface area contributed by atoms with Gasteiger partial charge >= 0.3 is 0 Å². The lowest BCUT2D eigenvalue weighted by Crippen LogP contribution is -2.02. The minimum Gasteiger partial charge on any atom is -0.506 e. The second-order valence-electron chi connectivity index (χ2n) is 6.91. The van der Waals surface area contributed by atoms with Crippen LogP contribution in [0.4, 0.5) is 0 Å². The monoisotopic (exact) mass is 429 g/mol. The molecular weight excluding hydrogens is 406 g/mol. The van der Waals surface area contributed by atoms with Gasteiger partial charge in [-0.1, -0.05) is 42.0 Å². The molecule has 4 N–H and O–H groups in total. The molecule has 1 aromatic heterocycles. The quantitative estimate of drug-likeness (QED) is 0.482. The molecule has 4 rings (SSSR count). The molecule has 1 aliphatic carbocycles. The zero-order valence-corrected chi connectivity index (χ0v) is 17.1. The Morgan fingerprint density at radius 2 is 1.60 bits per heavy atom. The number of carbonyl (C=O) groups excluding carboxylic acids is 1. The summed E-state index contributed by atoms with van der Waals surface area (Å²) in [6.07, 6.45) is 5.29. The van der Waals surface area contributed by atoms with E-state index in [9.17, 15) is 18.3 Å². The smallest absolute Gasteiger partial charge is 0.294 e. The fraction of sp³-hybridized carbons (Fsp3) is 0.182. The first-order valence-corrected chi connectivity index (χ1v) is 10.5. The molecule has 2 aromatic carbocycles. The van der Waals surface area contributed by atoms with Crippen molar-refractivity contribution in [1.82, 2.24) is 4.98 Å². The van der Waals surface area contributed by atoms with E-state index in [0.717, 1.165) is 5.56 Å². The molecule has 158 valence electrons. The molecule has 8 heteroatoms. The van der Waals surface area contributed by atoms with Crippen LogP contribution in [0.3, 0.4) is 0 Å². The van der Waals surface area contributed by atoms with Gasteiger partial charge in [-0.15, -0.1) is 0 Å². The van der Waals surface area contributed by atoms with Gasteiger partial charge in [0.15, 0.2) is 5.78 Å². The lowest BCUT2D eigenvalue weighted by atomic mass is 10.0. The summed E-state index contributed by atoms with van der Waals surface area (Å²) in [5.41, 5.74) is 3.15. The largest absolute Gasteiger partial charge is 0.506 e. The Bertz CT molecular complexity index is 1110. The summed E-state index contributed by atoms with van der Waals surface area (Å²) >= 11 is 0. The van der Waals surface area contributed by atoms with Crippen molar-refractivity contribution in [1.29, 1.82) is 0 Å². The summed E-state index contributed by atoms with van der Waals surface area (Å²) < 4.78 is 29.6. The second kappa shape index (κ2) is 9.62. The zero-order chi connectivity index (χ0) is 21.0. The van der Waals surface area contributed by atoms with Crippen LogP contribution < -0.4 is 0 Å². The van der Waals surface area contributed by atoms with E-state index in [1.165, 1.54) is 49.0 Å². The van der Waals surface area contributed by atoms with Crippen molar-refractivity contribution in [2.24, 2.45) is 0 Å². The molecule has 0 bridgehead atoms. The molecular formula is C22H23NO6S. The molecule has 0 saturated heterocycles. The van der Waals surface area contributed by atoms with Crippen LogP contribution in [0.1, 0.15) is 45.8 Å². The van der Waals surface area contributed by atoms with E-state index in [-0.39, 0.29) is 21.9 Å². The first kappa shape index (κ1) is 23.2. The van der Waals surface area contributed by atoms with Gasteiger partial charge in [0.25, 0.3) is 10.1 Å². The van der Waals surface area contributed by atoms with E-state index in [1.807, 2.05) is 31.2 Å². The summed E-state index contributed by atoms with van der Waals surface area (Å²) in [5.74, 6) is 0.439. The molecule has 30 heavy (non-hydrogen) atoms. The van der Waals surface area contributed by atoms with Crippen molar-refractivity contribution in [3.8, 4) is 5.75 Å². The summed E-state index contributed by atoms with van der Waals surface area (Å²) in [4.78, 5) is 15.9. The van der Waals surface area contributed by atoms with Crippen LogP contribution in [-0.2, 0) is 10.1 Å². The van der Waals surface area contributed by atoms with Crippen molar-refractivity contribution >= 4 is 15.9 Å². The van der Waals surface area contributed by atoms with Gasteiger partial charge in [-0.2, -0.15) is 8.42 Å². The van der Waals surface area contributed by atoms with Gasteiger partial charge in [0.2, 0.25) is 0 Å². The molecule has 0 spiro atoms. The number of aromatic nitrogens is 1. The Hall–Kier alpha value is -3.07. The summed E-state index contributed by atoms with van der Waals surface area (Å²) in [6, 6.07) is 15.2. The first-order chi connectivity index (χ1) is 13.8. The maximum atomic E-state index is 12.2. The van der Waals surface area contributed by atoms with Crippen molar-refractivity contribution in [2.45, 2.75) is 30.6 Å². The lowest BCUT2D eigenvalue weighted by Gasteiger charge is -2.04. The molecule has 1 heterocycles. The maximum absolute atomic E-state index is 12.2. The molecule has 1 aliphatic rings. The molecule has 0 aliphatic heterocycles. The molecule has 1 saturated carbocycles. The van der Waals surface area contributed by atoms with Crippen molar-refractivity contribution in [3.63, 3.8) is 0 Å². The van der Waals surface area contributed by atoms with Crippen LogP contribution in [0.5, 0.6) is 5.75 Å². The molecule has 3 aromatic rings. The number of benzene rings is 2. The topological polar surface area (TPSA) is 136 Å². The molecule has 0 unspecified atom stereocenters. The summed E-state index contributed by atoms with van der Waals surface area (Å²) in [5, 5.41) is 9.61. The minimum absolute atomic E-state index is 0. The highest BCUT2D eigenvalue weighted by Crippen LogP contribution is 2.40. The number of hydrogen-bond donors (Lipinski definition) is 2. The second-order valence-corrected chi connectivity index (χ2v) is 8.33. The molecule has 1 fully saturated rings. The summed E-state index contributed by atoms with van der Waals surface area (Å²) in [6.45, 7) is 1.84. The zero-order valence-electron chi connectivity index (χ0n) is 16.3. The summed E-state index contributed by atoms with van der Waals surface area (Å²) in [7, 11) is -4.02. The number of hydrogen-bond acceptors (Lipinski definition) is 5. The van der Waals surface area contributed by atoms with E-state index in [0.29, 0.717) is 17.0 Å². The Balaban J connectivity index is 0.000000232. The first-order valence-electron chi connectivity index (χ1n) is 9.07. The van der Waals surface area contributed by atoms with Crippen LogP contribution in [0.2, 0.25) is 0 Å². The van der Waals surface area contributed by atoms with Gasteiger partial charge in [-0.3, -0.25) is 14.3 Å². The standard InChI is InChI=1S/C15H13NO2.C7H8O3S.H2O/c17-14-9-16-8-7-13(14)15(18)12-5-3-11(4-6-12)10-1-2-10;1-6-2-4-7(5-3-6)11(8,9)10;/h3-10,17H,1-2H2;2-5H,1H3,(H,8,9,10);1H2. The lowest BCUT2D eigenvalue weighted by molar-refractivity contribution is 0.103.